The van der Waals surface area contributed by atoms with Gasteiger partial charge in [0.2, 0.25) is 0 Å². The van der Waals surface area contributed by atoms with Crippen molar-refractivity contribution in [3.63, 3.8) is 0 Å². The van der Waals surface area contributed by atoms with E-state index in [2.05, 4.69) is 15.1 Å². The molecule has 1 saturated carbocycles. The monoisotopic (exact) mass is 261 g/mol. The van der Waals surface area contributed by atoms with Crippen molar-refractivity contribution in [1.82, 2.24) is 15.1 Å². The highest BCUT2D eigenvalue weighted by atomic mass is 16.5. The average Bonchev–Trinajstić information content (AvgIpc) is 2.84. The van der Waals surface area contributed by atoms with Crippen molar-refractivity contribution in [3.8, 4) is 0 Å². The van der Waals surface area contributed by atoms with Crippen molar-refractivity contribution in [2.24, 2.45) is 0 Å². The van der Waals surface area contributed by atoms with Crippen LogP contribution in [0.3, 0.4) is 0 Å². The number of aromatic nitrogens is 3. The summed E-state index contributed by atoms with van der Waals surface area (Å²) >= 11 is 0. The number of rotatable bonds is 2. The lowest BCUT2D eigenvalue weighted by molar-refractivity contribution is 0.392. The van der Waals surface area contributed by atoms with Gasteiger partial charge >= 0.3 is 0 Å². The van der Waals surface area contributed by atoms with Crippen LogP contribution in [0, 0.1) is 0 Å². The van der Waals surface area contributed by atoms with E-state index in [1.807, 2.05) is 13.8 Å². The van der Waals surface area contributed by atoms with E-state index < -0.39 is 0 Å². The Hall–Kier alpha value is -1.65. The molecule has 0 bridgehead atoms. The molecule has 102 valence electrons. The summed E-state index contributed by atoms with van der Waals surface area (Å²) in [5, 5.41) is 4.67. The van der Waals surface area contributed by atoms with E-state index >= 15 is 0 Å². The summed E-state index contributed by atoms with van der Waals surface area (Å²) in [7, 11) is 0. The van der Waals surface area contributed by atoms with E-state index in [0.29, 0.717) is 22.8 Å². The lowest BCUT2D eigenvalue weighted by Crippen LogP contribution is -2.15. The fourth-order valence-corrected chi connectivity index (χ4v) is 2.83. The maximum absolute atomic E-state index is 12.2. The molecule has 0 radical (unpaired) electrons. The number of H-pyrrole nitrogens is 1. The second kappa shape index (κ2) is 4.79. The standard InChI is InChI=1S/C14H19N3O2/c1-8(2)12-15-13(18)10-11(17-19-14(10)16-12)9-6-4-3-5-7-9/h8-9H,3-7H2,1-2H3,(H,15,16,18). The Kier molecular flexibility index (Phi) is 3.12. The van der Waals surface area contributed by atoms with Gasteiger partial charge in [0.1, 0.15) is 16.9 Å². The fourth-order valence-electron chi connectivity index (χ4n) is 2.83. The van der Waals surface area contributed by atoms with Gasteiger partial charge in [-0.25, -0.2) is 0 Å². The number of fused-ring (bicyclic) bond motifs is 1. The molecule has 1 fully saturated rings. The molecule has 0 unspecified atom stereocenters. The Bertz CT molecular complexity index is 636. The van der Waals surface area contributed by atoms with E-state index in [1.54, 1.807) is 0 Å². The molecular weight excluding hydrogens is 242 g/mol. The molecule has 5 heteroatoms. The van der Waals surface area contributed by atoms with Crippen molar-refractivity contribution in [2.45, 2.75) is 57.8 Å². The van der Waals surface area contributed by atoms with Gasteiger partial charge < -0.3 is 9.51 Å². The third kappa shape index (κ3) is 2.17. The van der Waals surface area contributed by atoms with Gasteiger partial charge in [0.15, 0.2) is 0 Å². The van der Waals surface area contributed by atoms with Crippen molar-refractivity contribution in [2.75, 3.05) is 0 Å². The zero-order chi connectivity index (χ0) is 13.4. The Morgan fingerprint density at radius 2 is 2.00 bits per heavy atom. The molecule has 0 spiro atoms. The Balaban J connectivity index is 2.10. The van der Waals surface area contributed by atoms with Crippen LogP contribution >= 0.6 is 0 Å². The van der Waals surface area contributed by atoms with Crippen molar-refractivity contribution >= 4 is 11.1 Å². The van der Waals surface area contributed by atoms with Gasteiger partial charge in [-0.3, -0.25) is 4.79 Å². The molecule has 3 rings (SSSR count). The molecule has 0 amide bonds. The Morgan fingerprint density at radius 3 is 2.68 bits per heavy atom. The first-order valence-electron chi connectivity index (χ1n) is 7.06. The van der Waals surface area contributed by atoms with Crippen molar-refractivity contribution in [3.05, 3.63) is 21.9 Å². The largest absolute Gasteiger partial charge is 0.335 e. The van der Waals surface area contributed by atoms with E-state index in [0.717, 1.165) is 18.5 Å². The number of aromatic amines is 1. The number of nitrogens with zero attached hydrogens (tertiary/aromatic N) is 2. The highest BCUT2D eigenvalue weighted by molar-refractivity contribution is 5.75. The second-order valence-electron chi connectivity index (χ2n) is 5.69. The molecule has 0 aliphatic heterocycles. The summed E-state index contributed by atoms with van der Waals surface area (Å²) in [5.41, 5.74) is 1.07. The van der Waals surface area contributed by atoms with Gasteiger partial charge in [0.05, 0.1) is 0 Å². The maximum Gasteiger partial charge on any atom is 0.265 e. The van der Waals surface area contributed by atoms with Crippen LogP contribution in [0.2, 0.25) is 0 Å². The smallest absolute Gasteiger partial charge is 0.265 e. The van der Waals surface area contributed by atoms with Crippen LogP contribution in [-0.2, 0) is 0 Å². The van der Waals surface area contributed by atoms with Gasteiger partial charge in [-0.2, -0.15) is 4.98 Å². The number of hydrogen-bond donors (Lipinski definition) is 1. The quantitative estimate of drug-likeness (QED) is 0.901. The van der Waals surface area contributed by atoms with Gasteiger partial charge in [0, 0.05) is 11.8 Å². The average molecular weight is 261 g/mol. The van der Waals surface area contributed by atoms with Crippen LogP contribution in [0.15, 0.2) is 9.32 Å². The van der Waals surface area contributed by atoms with Gasteiger partial charge in [0.25, 0.3) is 11.3 Å². The summed E-state index contributed by atoms with van der Waals surface area (Å²) in [5.74, 6) is 1.17. The summed E-state index contributed by atoms with van der Waals surface area (Å²) in [4.78, 5) is 19.4. The minimum Gasteiger partial charge on any atom is -0.335 e. The van der Waals surface area contributed by atoms with Gasteiger partial charge in [-0.15, -0.1) is 0 Å². The molecule has 0 saturated heterocycles. The van der Waals surface area contributed by atoms with E-state index in [1.165, 1.54) is 19.3 Å². The molecular formula is C14H19N3O2. The van der Waals surface area contributed by atoms with E-state index in [9.17, 15) is 4.79 Å². The number of nitrogens with one attached hydrogen (secondary N) is 1. The molecule has 19 heavy (non-hydrogen) atoms. The van der Waals surface area contributed by atoms with Gasteiger partial charge in [-0.05, 0) is 12.8 Å². The first kappa shape index (κ1) is 12.4. The molecule has 0 aromatic carbocycles. The predicted molar refractivity (Wildman–Crippen MR) is 72.3 cm³/mol. The van der Waals surface area contributed by atoms with Crippen LogP contribution < -0.4 is 5.56 Å². The summed E-state index contributed by atoms with van der Waals surface area (Å²) < 4.78 is 5.29. The van der Waals surface area contributed by atoms with Crippen LogP contribution in [-0.4, -0.2) is 15.1 Å². The van der Waals surface area contributed by atoms with Crippen molar-refractivity contribution in [1.29, 1.82) is 0 Å². The maximum atomic E-state index is 12.2. The van der Waals surface area contributed by atoms with Gasteiger partial charge in [-0.1, -0.05) is 38.3 Å². The first-order valence-corrected chi connectivity index (χ1v) is 7.06. The third-order valence-electron chi connectivity index (χ3n) is 3.93. The number of hydrogen-bond acceptors (Lipinski definition) is 4. The summed E-state index contributed by atoms with van der Waals surface area (Å²) in [6.07, 6.45) is 5.86. The van der Waals surface area contributed by atoms with Crippen LogP contribution in [0.5, 0.6) is 0 Å². The molecule has 1 aliphatic carbocycles. The first-order chi connectivity index (χ1) is 9.16. The SMILES string of the molecule is CC(C)c1nc2onc(C3CCCCC3)c2c(=O)[nH]1. The minimum atomic E-state index is -0.115. The van der Waals surface area contributed by atoms with Crippen LogP contribution in [0.25, 0.3) is 11.1 Å². The fraction of sp³-hybridized carbons (Fsp3) is 0.643. The molecule has 2 aromatic heterocycles. The molecule has 2 aromatic rings. The zero-order valence-corrected chi connectivity index (χ0v) is 11.4. The highest BCUT2D eigenvalue weighted by Crippen LogP contribution is 2.34. The lowest BCUT2D eigenvalue weighted by atomic mass is 9.86. The third-order valence-corrected chi connectivity index (χ3v) is 3.93. The molecule has 0 atom stereocenters. The predicted octanol–water partition coefficient (Wildman–Crippen LogP) is 3.08. The topological polar surface area (TPSA) is 71.8 Å². The molecule has 1 N–H and O–H groups in total. The highest BCUT2D eigenvalue weighted by Gasteiger charge is 2.24. The van der Waals surface area contributed by atoms with Crippen LogP contribution in [0.1, 0.15) is 69.3 Å². The van der Waals surface area contributed by atoms with Crippen LogP contribution in [0.4, 0.5) is 0 Å². The lowest BCUT2D eigenvalue weighted by Gasteiger charge is -2.18. The molecule has 2 heterocycles. The normalized spacial score (nSPS) is 17.4. The zero-order valence-electron chi connectivity index (χ0n) is 11.4. The minimum absolute atomic E-state index is 0.115. The van der Waals surface area contributed by atoms with E-state index in [-0.39, 0.29) is 11.5 Å². The van der Waals surface area contributed by atoms with E-state index in [4.69, 9.17) is 4.52 Å². The Morgan fingerprint density at radius 1 is 1.26 bits per heavy atom. The summed E-state index contributed by atoms with van der Waals surface area (Å²) in [6.45, 7) is 3.98. The molecule has 5 nitrogen and oxygen atoms in total. The molecule has 1 aliphatic rings. The second-order valence-corrected chi connectivity index (χ2v) is 5.69. The van der Waals surface area contributed by atoms with Crippen molar-refractivity contribution < 1.29 is 4.52 Å². The summed E-state index contributed by atoms with van der Waals surface area (Å²) in [6, 6.07) is 0. The Labute approximate surface area is 111 Å².